The van der Waals surface area contributed by atoms with Gasteiger partial charge in [0.05, 0.1) is 5.92 Å². The van der Waals surface area contributed by atoms with Crippen molar-refractivity contribution in [2.24, 2.45) is 5.92 Å². The smallest absolute Gasteiger partial charge is 0.269 e. The first kappa shape index (κ1) is 19.4. The highest BCUT2D eigenvalue weighted by Crippen LogP contribution is 2.31. The Morgan fingerprint density at radius 1 is 1.15 bits per heavy atom. The number of hydrogen-bond acceptors (Lipinski definition) is 3. The van der Waals surface area contributed by atoms with Crippen LogP contribution in [0.15, 0.2) is 46.9 Å². The average molecular weight is 451 g/mol. The number of nitrogens with one attached hydrogen (secondary N) is 2. The standard InChI is InChI=1S/C19H17BrClN3O3/c1-11-15(21)3-2-4-16(11)24-10-13(9-17(24)25)19(27)23-22-18(26)12-5-7-14(20)8-6-12/h2-8,13H,9-10H2,1H3,(H,22,26)(H,23,27)/t13-/m1/s1. The number of carbonyl (C=O) groups is 3. The van der Waals surface area contributed by atoms with Crippen LogP contribution < -0.4 is 15.8 Å². The Bertz CT molecular complexity index is 902. The van der Waals surface area contributed by atoms with Crippen molar-refractivity contribution in [2.45, 2.75) is 13.3 Å². The molecule has 0 bridgehead atoms. The summed E-state index contributed by atoms with van der Waals surface area (Å²) in [5.41, 5.74) is 6.68. The Hall–Kier alpha value is -2.38. The molecule has 2 N–H and O–H groups in total. The van der Waals surface area contributed by atoms with E-state index in [-0.39, 0.29) is 18.9 Å². The number of halogens is 2. The Morgan fingerprint density at radius 2 is 1.85 bits per heavy atom. The molecule has 8 heteroatoms. The number of rotatable bonds is 3. The molecule has 1 aliphatic rings. The zero-order chi connectivity index (χ0) is 19.6. The van der Waals surface area contributed by atoms with Crippen LogP contribution in [-0.4, -0.2) is 24.3 Å². The minimum atomic E-state index is -0.555. The maximum atomic E-state index is 12.4. The van der Waals surface area contributed by atoms with Gasteiger partial charge < -0.3 is 4.90 Å². The van der Waals surface area contributed by atoms with Crippen molar-refractivity contribution >= 4 is 50.9 Å². The van der Waals surface area contributed by atoms with Crippen LogP contribution in [0.1, 0.15) is 22.3 Å². The van der Waals surface area contributed by atoms with Gasteiger partial charge in [0.25, 0.3) is 5.91 Å². The van der Waals surface area contributed by atoms with E-state index in [4.69, 9.17) is 11.6 Å². The van der Waals surface area contributed by atoms with E-state index in [2.05, 4.69) is 26.8 Å². The molecule has 6 nitrogen and oxygen atoms in total. The van der Waals surface area contributed by atoms with Crippen LogP contribution in [0.4, 0.5) is 5.69 Å². The molecular formula is C19H17BrClN3O3. The first-order chi connectivity index (χ1) is 12.9. The van der Waals surface area contributed by atoms with Crippen LogP contribution in [0.2, 0.25) is 5.02 Å². The fourth-order valence-corrected chi connectivity index (χ4v) is 3.33. The van der Waals surface area contributed by atoms with E-state index in [1.807, 2.05) is 6.92 Å². The molecule has 1 atom stereocenters. The normalized spacial score (nSPS) is 16.3. The van der Waals surface area contributed by atoms with Crippen LogP contribution in [0.3, 0.4) is 0 Å². The predicted octanol–water partition coefficient (Wildman–Crippen LogP) is 3.23. The SMILES string of the molecule is Cc1c(Cl)cccc1N1C[C@H](C(=O)NNC(=O)c2ccc(Br)cc2)CC1=O. The molecule has 3 rings (SSSR count). The summed E-state index contributed by atoms with van der Waals surface area (Å²) < 4.78 is 0.851. The maximum Gasteiger partial charge on any atom is 0.269 e. The van der Waals surface area contributed by atoms with Crippen LogP contribution >= 0.6 is 27.5 Å². The van der Waals surface area contributed by atoms with Crippen molar-refractivity contribution in [3.63, 3.8) is 0 Å². The molecule has 3 amide bonds. The van der Waals surface area contributed by atoms with Gasteiger partial charge in [-0.15, -0.1) is 0 Å². The van der Waals surface area contributed by atoms with E-state index >= 15 is 0 Å². The van der Waals surface area contributed by atoms with Crippen molar-refractivity contribution in [2.75, 3.05) is 11.4 Å². The molecule has 1 fully saturated rings. The first-order valence-corrected chi connectivity index (χ1v) is 9.45. The van der Waals surface area contributed by atoms with Crippen LogP contribution in [0, 0.1) is 12.8 Å². The van der Waals surface area contributed by atoms with E-state index in [1.54, 1.807) is 47.4 Å². The van der Waals surface area contributed by atoms with Gasteiger partial charge in [-0.1, -0.05) is 33.6 Å². The number of hydrazine groups is 1. The molecule has 0 aliphatic carbocycles. The number of carbonyl (C=O) groups excluding carboxylic acids is 3. The summed E-state index contributed by atoms with van der Waals surface area (Å²) in [5, 5.41) is 0.565. The number of anilines is 1. The third-order valence-corrected chi connectivity index (χ3v) is 5.37. The van der Waals surface area contributed by atoms with Gasteiger partial charge in [-0.25, -0.2) is 0 Å². The third kappa shape index (κ3) is 4.31. The van der Waals surface area contributed by atoms with Crippen molar-refractivity contribution < 1.29 is 14.4 Å². The molecule has 140 valence electrons. The molecule has 0 unspecified atom stereocenters. The number of nitrogens with zero attached hydrogens (tertiary/aromatic N) is 1. The van der Waals surface area contributed by atoms with Gasteiger partial charge in [0.2, 0.25) is 11.8 Å². The zero-order valence-electron chi connectivity index (χ0n) is 14.5. The molecule has 2 aromatic rings. The van der Waals surface area contributed by atoms with E-state index in [0.717, 1.165) is 10.0 Å². The minimum Gasteiger partial charge on any atom is -0.311 e. The number of benzene rings is 2. The van der Waals surface area contributed by atoms with Gasteiger partial charge in [-0.05, 0) is 48.9 Å². The number of amides is 3. The topological polar surface area (TPSA) is 78.5 Å². The van der Waals surface area contributed by atoms with Crippen LogP contribution in [0.5, 0.6) is 0 Å². The molecule has 0 radical (unpaired) electrons. The fourth-order valence-electron chi connectivity index (χ4n) is 2.90. The van der Waals surface area contributed by atoms with Gasteiger partial charge in [0.1, 0.15) is 0 Å². The van der Waals surface area contributed by atoms with Crippen molar-refractivity contribution in [1.29, 1.82) is 0 Å². The molecule has 1 heterocycles. The largest absolute Gasteiger partial charge is 0.311 e. The summed E-state index contributed by atoms with van der Waals surface area (Å²) in [6.45, 7) is 2.07. The first-order valence-electron chi connectivity index (χ1n) is 8.28. The molecule has 1 saturated heterocycles. The van der Waals surface area contributed by atoms with Gasteiger partial charge >= 0.3 is 0 Å². The Labute approximate surface area is 170 Å². The summed E-state index contributed by atoms with van der Waals surface area (Å²) in [5.74, 6) is -1.54. The molecule has 0 aromatic heterocycles. The van der Waals surface area contributed by atoms with E-state index in [9.17, 15) is 14.4 Å². The monoisotopic (exact) mass is 449 g/mol. The van der Waals surface area contributed by atoms with Gasteiger partial charge in [0, 0.05) is 33.7 Å². The Morgan fingerprint density at radius 3 is 2.56 bits per heavy atom. The number of hydrogen-bond donors (Lipinski definition) is 2. The van der Waals surface area contributed by atoms with Crippen molar-refractivity contribution in [3.05, 3.63) is 63.1 Å². The second kappa shape index (κ2) is 8.10. The Balaban J connectivity index is 1.61. The molecular weight excluding hydrogens is 434 g/mol. The van der Waals surface area contributed by atoms with Gasteiger partial charge in [-0.2, -0.15) is 0 Å². The summed E-state index contributed by atoms with van der Waals surface area (Å²) in [6.07, 6.45) is 0.0753. The molecule has 27 heavy (non-hydrogen) atoms. The minimum absolute atomic E-state index is 0.0753. The summed E-state index contributed by atoms with van der Waals surface area (Å²) >= 11 is 9.42. The average Bonchev–Trinajstić information content (AvgIpc) is 3.04. The highest BCUT2D eigenvalue weighted by molar-refractivity contribution is 9.10. The highest BCUT2D eigenvalue weighted by Gasteiger charge is 2.36. The summed E-state index contributed by atoms with van der Waals surface area (Å²) in [4.78, 5) is 38.4. The summed E-state index contributed by atoms with van der Waals surface area (Å²) in [6, 6.07) is 12.1. The quantitative estimate of drug-likeness (QED) is 0.705. The van der Waals surface area contributed by atoms with Crippen molar-refractivity contribution in [1.82, 2.24) is 10.9 Å². The Kier molecular flexibility index (Phi) is 5.82. The molecule has 0 spiro atoms. The van der Waals surface area contributed by atoms with E-state index < -0.39 is 17.7 Å². The van der Waals surface area contributed by atoms with E-state index in [0.29, 0.717) is 16.3 Å². The zero-order valence-corrected chi connectivity index (χ0v) is 16.8. The van der Waals surface area contributed by atoms with Gasteiger partial charge in [0.15, 0.2) is 0 Å². The van der Waals surface area contributed by atoms with Crippen molar-refractivity contribution in [3.8, 4) is 0 Å². The lowest BCUT2D eigenvalue weighted by Crippen LogP contribution is -2.45. The molecule has 1 aliphatic heterocycles. The summed E-state index contributed by atoms with van der Waals surface area (Å²) in [7, 11) is 0. The van der Waals surface area contributed by atoms with Gasteiger partial charge in [-0.3, -0.25) is 25.2 Å². The lowest BCUT2D eigenvalue weighted by Gasteiger charge is -2.19. The lowest BCUT2D eigenvalue weighted by atomic mass is 10.1. The third-order valence-electron chi connectivity index (χ3n) is 4.43. The lowest BCUT2D eigenvalue weighted by molar-refractivity contribution is -0.126. The second-order valence-corrected chi connectivity index (χ2v) is 7.56. The van der Waals surface area contributed by atoms with E-state index in [1.165, 1.54) is 0 Å². The fraction of sp³-hybridized carbons (Fsp3) is 0.211. The van der Waals surface area contributed by atoms with Crippen LogP contribution in [-0.2, 0) is 9.59 Å². The second-order valence-electron chi connectivity index (χ2n) is 6.24. The van der Waals surface area contributed by atoms with Crippen LogP contribution in [0.25, 0.3) is 0 Å². The highest BCUT2D eigenvalue weighted by atomic mass is 79.9. The molecule has 0 saturated carbocycles. The molecule has 2 aromatic carbocycles. The predicted molar refractivity (Wildman–Crippen MR) is 106 cm³/mol. The maximum absolute atomic E-state index is 12.4.